The van der Waals surface area contributed by atoms with Crippen molar-refractivity contribution in [1.29, 1.82) is 0 Å². The van der Waals surface area contributed by atoms with Gasteiger partial charge in [-0.15, -0.1) is 0 Å². The Morgan fingerprint density at radius 2 is 2.21 bits per heavy atom. The van der Waals surface area contributed by atoms with Gasteiger partial charge in [-0.2, -0.15) is 4.31 Å². The maximum Gasteiger partial charge on any atom is 0.271 e. The van der Waals surface area contributed by atoms with Crippen molar-refractivity contribution in [2.75, 3.05) is 26.3 Å². The van der Waals surface area contributed by atoms with Gasteiger partial charge in [0.05, 0.1) is 11.5 Å². The van der Waals surface area contributed by atoms with E-state index < -0.39 is 14.9 Å². The number of nitrogens with zero attached hydrogens (tertiary/aromatic N) is 2. The number of nitro benzene ring substituents is 1. The lowest BCUT2D eigenvalue weighted by Crippen LogP contribution is -2.34. The summed E-state index contributed by atoms with van der Waals surface area (Å²) in [5.74, 6) is 0.0889. The van der Waals surface area contributed by atoms with Crippen LogP contribution >= 0.6 is 0 Å². The van der Waals surface area contributed by atoms with Crippen LogP contribution in [-0.4, -0.2) is 49.1 Å². The molecule has 0 aliphatic carbocycles. The van der Waals surface area contributed by atoms with Crippen molar-refractivity contribution in [3.63, 3.8) is 0 Å². The van der Waals surface area contributed by atoms with Gasteiger partial charge < -0.3 is 9.84 Å². The molecule has 0 fully saturated rings. The van der Waals surface area contributed by atoms with Crippen LogP contribution in [0.3, 0.4) is 0 Å². The van der Waals surface area contributed by atoms with Crippen LogP contribution in [0, 0.1) is 10.1 Å². The molecule has 1 N–H and O–H groups in total. The first-order valence-electron chi connectivity index (χ1n) is 5.49. The molecule has 1 aliphatic rings. The number of benzene rings is 1. The molecule has 0 unspecified atom stereocenters. The third-order valence-corrected chi connectivity index (χ3v) is 4.62. The zero-order valence-electron chi connectivity index (χ0n) is 9.85. The molecular formula is C10H12N2O6S. The first kappa shape index (κ1) is 13.7. The topological polar surface area (TPSA) is 110 Å². The quantitative estimate of drug-likeness (QED) is 0.617. The maximum absolute atomic E-state index is 12.3. The van der Waals surface area contributed by atoms with E-state index in [0.29, 0.717) is 0 Å². The lowest BCUT2D eigenvalue weighted by molar-refractivity contribution is -0.385. The fourth-order valence-electron chi connectivity index (χ4n) is 1.79. The van der Waals surface area contributed by atoms with E-state index in [9.17, 15) is 18.5 Å². The molecule has 104 valence electrons. The Hall–Kier alpha value is -1.71. The molecule has 0 aromatic heterocycles. The van der Waals surface area contributed by atoms with E-state index in [1.807, 2.05) is 0 Å². The summed E-state index contributed by atoms with van der Waals surface area (Å²) in [6.07, 6.45) is 0. The van der Waals surface area contributed by atoms with Gasteiger partial charge in [0.25, 0.3) is 5.69 Å². The van der Waals surface area contributed by atoms with Gasteiger partial charge in [0.15, 0.2) is 0 Å². The first-order valence-corrected chi connectivity index (χ1v) is 6.93. The number of sulfonamides is 1. The molecule has 0 spiro atoms. The molecule has 1 aliphatic heterocycles. The normalized spacial score (nSPS) is 18.2. The van der Waals surface area contributed by atoms with Gasteiger partial charge in [0.1, 0.15) is 17.3 Å². The number of hydrogen-bond acceptors (Lipinski definition) is 6. The van der Waals surface area contributed by atoms with Crippen molar-refractivity contribution in [2.24, 2.45) is 0 Å². The van der Waals surface area contributed by atoms with Crippen LogP contribution in [0.2, 0.25) is 0 Å². The predicted molar refractivity (Wildman–Crippen MR) is 64.4 cm³/mol. The molecule has 1 aromatic rings. The Kier molecular flexibility index (Phi) is 3.69. The third kappa shape index (κ3) is 2.53. The predicted octanol–water partition coefficient (Wildman–Crippen LogP) is -0.0298. The fraction of sp³-hybridized carbons (Fsp3) is 0.400. The van der Waals surface area contributed by atoms with Gasteiger partial charge in [-0.05, 0) is 6.07 Å². The van der Waals surface area contributed by atoms with Gasteiger partial charge in [0, 0.05) is 25.2 Å². The van der Waals surface area contributed by atoms with E-state index in [1.165, 1.54) is 12.1 Å². The Labute approximate surface area is 109 Å². The summed E-state index contributed by atoms with van der Waals surface area (Å²) in [7, 11) is -3.89. The molecule has 8 nitrogen and oxygen atoms in total. The average molecular weight is 288 g/mol. The SMILES string of the molecule is O=[N+]([O-])c1ccc2c(c1)S(=O)(=O)N(CCO)CCO2. The van der Waals surface area contributed by atoms with Crippen LogP contribution in [0.15, 0.2) is 23.1 Å². The fourth-order valence-corrected chi connectivity index (χ4v) is 3.36. The molecule has 0 saturated heterocycles. The third-order valence-electron chi connectivity index (χ3n) is 2.70. The van der Waals surface area contributed by atoms with E-state index in [1.54, 1.807) is 0 Å². The summed E-state index contributed by atoms with van der Waals surface area (Å²) in [5, 5.41) is 19.6. The van der Waals surface area contributed by atoms with Crippen molar-refractivity contribution in [3.05, 3.63) is 28.3 Å². The maximum atomic E-state index is 12.3. The second-order valence-corrected chi connectivity index (χ2v) is 5.77. The smallest absolute Gasteiger partial charge is 0.271 e. The highest BCUT2D eigenvalue weighted by molar-refractivity contribution is 7.89. The molecule has 0 radical (unpaired) electrons. The highest BCUT2D eigenvalue weighted by Gasteiger charge is 2.31. The van der Waals surface area contributed by atoms with Crippen LogP contribution in [0.4, 0.5) is 5.69 Å². The van der Waals surface area contributed by atoms with E-state index in [4.69, 9.17) is 9.84 Å². The first-order chi connectivity index (χ1) is 8.96. The van der Waals surface area contributed by atoms with Crippen molar-refractivity contribution in [2.45, 2.75) is 4.90 Å². The Morgan fingerprint density at radius 3 is 2.84 bits per heavy atom. The zero-order chi connectivity index (χ0) is 14.0. The Balaban J connectivity index is 2.55. The van der Waals surface area contributed by atoms with Gasteiger partial charge in [-0.1, -0.05) is 0 Å². The highest BCUT2D eigenvalue weighted by atomic mass is 32.2. The molecule has 1 heterocycles. The van der Waals surface area contributed by atoms with Crippen molar-refractivity contribution < 1.29 is 23.2 Å². The number of aliphatic hydroxyl groups is 1. The molecule has 0 saturated carbocycles. The number of fused-ring (bicyclic) bond motifs is 1. The second kappa shape index (κ2) is 5.11. The van der Waals surface area contributed by atoms with Crippen molar-refractivity contribution >= 4 is 15.7 Å². The summed E-state index contributed by atoms with van der Waals surface area (Å²) < 4.78 is 30.9. The number of hydrogen-bond donors (Lipinski definition) is 1. The minimum absolute atomic E-state index is 0.0756. The summed E-state index contributed by atoms with van der Waals surface area (Å²) in [4.78, 5) is 9.79. The minimum atomic E-state index is -3.89. The monoisotopic (exact) mass is 288 g/mol. The van der Waals surface area contributed by atoms with E-state index in [2.05, 4.69) is 0 Å². The van der Waals surface area contributed by atoms with E-state index >= 15 is 0 Å². The van der Waals surface area contributed by atoms with Crippen molar-refractivity contribution in [1.82, 2.24) is 4.31 Å². The Bertz CT molecular complexity index is 600. The highest BCUT2D eigenvalue weighted by Crippen LogP contribution is 2.32. The molecule has 0 bridgehead atoms. The largest absolute Gasteiger partial charge is 0.491 e. The van der Waals surface area contributed by atoms with Gasteiger partial charge in [0.2, 0.25) is 10.0 Å². The molecule has 0 atom stereocenters. The summed E-state index contributed by atoms with van der Waals surface area (Å²) in [6, 6.07) is 3.43. The van der Waals surface area contributed by atoms with Crippen molar-refractivity contribution in [3.8, 4) is 5.75 Å². The minimum Gasteiger partial charge on any atom is -0.491 e. The van der Waals surface area contributed by atoms with Crippen LogP contribution in [0.25, 0.3) is 0 Å². The van der Waals surface area contributed by atoms with Gasteiger partial charge >= 0.3 is 0 Å². The molecule has 0 amide bonds. The van der Waals surface area contributed by atoms with E-state index in [-0.39, 0.29) is 42.6 Å². The summed E-state index contributed by atoms with van der Waals surface area (Å²) >= 11 is 0. The standard InChI is InChI=1S/C10H12N2O6S/c13-5-3-11-4-6-18-9-2-1-8(12(14)15)7-10(9)19(11,16)17/h1-2,7,13H,3-6H2. The number of β-amino-alcohol motifs (C(OH)–C–C–N with tert-alkyl or cyclic N) is 1. The van der Waals surface area contributed by atoms with Crippen LogP contribution in [0.5, 0.6) is 5.75 Å². The number of nitro groups is 1. The molecule has 1 aromatic carbocycles. The zero-order valence-corrected chi connectivity index (χ0v) is 10.7. The number of aliphatic hydroxyl groups excluding tert-OH is 1. The number of rotatable bonds is 3. The van der Waals surface area contributed by atoms with Gasteiger partial charge in [-0.25, -0.2) is 8.42 Å². The lowest BCUT2D eigenvalue weighted by Gasteiger charge is -2.17. The molecule has 9 heteroatoms. The lowest BCUT2D eigenvalue weighted by atomic mass is 10.3. The molecule has 19 heavy (non-hydrogen) atoms. The van der Waals surface area contributed by atoms with Crippen LogP contribution in [0.1, 0.15) is 0 Å². The second-order valence-electron chi connectivity index (χ2n) is 3.86. The summed E-state index contributed by atoms with van der Waals surface area (Å²) in [5.41, 5.74) is -0.322. The van der Waals surface area contributed by atoms with Crippen LogP contribution < -0.4 is 4.74 Å². The van der Waals surface area contributed by atoms with Gasteiger partial charge in [-0.3, -0.25) is 10.1 Å². The Morgan fingerprint density at radius 1 is 1.47 bits per heavy atom. The van der Waals surface area contributed by atoms with E-state index in [0.717, 1.165) is 10.4 Å². The molecular weight excluding hydrogens is 276 g/mol. The number of ether oxygens (including phenoxy) is 1. The number of non-ortho nitro benzene ring substituents is 1. The average Bonchev–Trinajstić information content (AvgIpc) is 2.48. The summed E-state index contributed by atoms with van der Waals surface area (Å²) in [6.45, 7) is -0.188. The van der Waals surface area contributed by atoms with Crippen LogP contribution in [-0.2, 0) is 10.0 Å². The molecule has 2 rings (SSSR count).